The highest BCUT2D eigenvalue weighted by atomic mass is 32.2. The standard InChI is InChI=1S/C21H21N3O2S2/c22-19(25)15-9-11-24(12-10-15)20(26)16-7-5-14(6-8-16)13-27-21-23-17-3-1-2-4-18(17)28-21/h1-8,15H,9-13H2,(H2,22,25). The number of aromatic nitrogens is 1. The second-order valence-corrected chi connectivity index (χ2v) is 9.16. The molecule has 4 rings (SSSR count). The normalized spacial score (nSPS) is 15.1. The number of fused-ring (bicyclic) bond motifs is 1. The van der Waals surface area contributed by atoms with Gasteiger partial charge in [-0.05, 0) is 42.7 Å². The van der Waals surface area contributed by atoms with Crippen LogP contribution < -0.4 is 5.73 Å². The van der Waals surface area contributed by atoms with Gasteiger partial charge in [0, 0.05) is 30.3 Å². The molecule has 3 aromatic rings. The summed E-state index contributed by atoms with van der Waals surface area (Å²) in [6.45, 7) is 1.17. The van der Waals surface area contributed by atoms with Gasteiger partial charge in [-0.3, -0.25) is 9.59 Å². The summed E-state index contributed by atoms with van der Waals surface area (Å²) in [5.74, 6) is 0.472. The second kappa shape index (κ2) is 8.32. The van der Waals surface area contributed by atoms with Crippen molar-refractivity contribution in [2.75, 3.05) is 13.1 Å². The molecular formula is C21H21N3O2S2. The number of hydrogen-bond acceptors (Lipinski definition) is 5. The molecule has 5 nitrogen and oxygen atoms in total. The maximum Gasteiger partial charge on any atom is 0.253 e. The van der Waals surface area contributed by atoms with Crippen LogP contribution in [0.5, 0.6) is 0 Å². The summed E-state index contributed by atoms with van der Waals surface area (Å²) in [6, 6.07) is 15.9. The van der Waals surface area contributed by atoms with E-state index in [1.165, 1.54) is 4.70 Å². The molecular weight excluding hydrogens is 390 g/mol. The SMILES string of the molecule is NC(=O)C1CCN(C(=O)c2ccc(CSc3nc4ccccc4s3)cc2)CC1. The summed E-state index contributed by atoms with van der Waals surface area (Å²) in [6.07, 6.45) is 1.30. The smallest absolute Gasteiger partial charge is 0.253 e. The molecule has 0 spiro atoms. The van der Waals surface area contributed by atoms with E-state index in [2.05, 4.69) is 11.1 Å². The van der Waals surface area contributed by atoms with Crippen molar-refractivity contribution >= 4 is 45.1 Å². The van der Waals surface area contributed by atoms with Crippen molar-refractivity contribution in [2.24, 2.45) is 11.7 Å². The fraction of sp³-hybridized carbons (Fsp3) is 0.286. The predicted molar refractivity (Wildman–Crippen MR) is 113 cm³/mol. The summed E-state index contributed by atoms with van der Waals surface area (Å²) < 4.78 is 2.25. The van der Waals surface area contributed by atoms with Gasteiger partial charge in [-0.15, -0.1) is 11.3 Å². The Kier molecular flexibility index (Phi) is 5.64. The lowest BCUT2D eigenvalue weighted by Gasteiger charge is -2.30. The Morgan fingerprint density at radius 2 is 1.82 bits per heavy atom. The molecule has 0 unspecified atom stereocenters. The number of carbonyl (C=O) groups excluding carboxylic acids is 2. The van der Waals surface area contributed by atoms with E-state index in [-0.39, 0.29) is 17.7 Å². The molecule has 7 heteroatoms. The van der Waals surface area contributed by atoms with Gasteiger partial charge in [-0.1, -0.05) is 36.0 Å². The molecule has 144 valence electrons. The number of amides is 2. The first kappa shape index (κ1) is 19.0. The van der Waals surface area contributed by atoms with Crippen molar-refractivity contribution < 1.29 is 9.59 Å². The van der Waals surface area contributed by atoms with E-state index in [0.717, 1.165) is 21.2 Å². The summed E-state index contributed by atoms with van der Waals surface area (Å²) in [5, 5.41) is 0. The van der Waals surface area contributed by atoms with Crippen molar-refractivity contribution in [3.8, 4) is 0 Å². The summed E-state index contributed by atoms with van der Waals surface area (Å²) >= 11 is 3.42. The number of para-hydroxylation sites is 1. The number of piperidine rings is 1. The van der Waals surface area contributed by atoms with Crippen LogP contribution in [0.3, 0.4) is 0 Å². The van der Waals surface area contributed by atoms with Gasteiger partial charge < -0.3 is 10.6 Å². The van der Waals surface area contributed by atoms with Crippen LogP contribution in [-0.2, 0) is 10.5 Å². The molecule has 0 aliphatic carbocycles. The number of benzene rings is 2. The summed E-state index contributed by atoms with van der Waals surface area (Å²) in [5.41, 5.74) is 8.25. The van der Waals surface area contributed by atoms with Gasteiger partial charge in [0.05, 0.1) is 10.2 Å². The van der Waals surface area contributed by atoms with Crippen LogP contribution in [0.2, 0.25) is 0 Å². The second-order valence-electron chi connectivity index (χ2n) is 6.90. The van der Waals surface area contributed by atoms with Crippen molar-refractivity contribution in [3.63, 3.8) is 0 Å². The average Bonchev–Trinajstić information content (AvgIpc) is 3.15. The van der Waals surface area contributed by atoms with E-state index >= 15 is 0 Å². The molecule has 0 radical (unpaired) electrons. The van der Waals surface area contributed by atoms with Crippen LogP contribution in [0.15, 0.2) is 52.9 Å². The number of rotatable bonds is 5. The van der Waals surface area contributed by atoms with Gasteiger partial charge >= 0.3 is 0 Å². The Morgan fingerprint density at radius 3 is 2.50 bits per heavy atom. The Hall–Kier alpha value is -2.38. The fourth-order valence-corrected chi connectivity index (χ4v) is 5.38. The van der Waals surface area contributed by atoms with Gasteiger partial charge in [0.15, 0.2) is 4.34 Å². The maximum atomic E-state index is 12.7. The molecule has 0 saturated carbocycles. The van der Waals surface area contributed by atoms with Crippen molar-refractivity contribution in [1.82, 2.24) is 9.88 Å². The van der Waals surface area contributed by atoms with Crippen LogP contribution >= 0.6 is 23.1 Å². The lowest BCUT2D eigenvalue weighted by Crippen LogP contribution is -2.41. The summed E-state index contributed by atoms with van der Waals surface area (Å²) in [7, 11) is 0. The van der Waals surface area contributed by atoms with E-state index < -0.39 is 0 Å². The molecule has 0 atom stereocenters. The van der Waals surface area contributed by atoms with Crippen LogP contribution in [0.25, 0.3) is 10.2 Å². The van der Waals surface area contributed by atoms with E-state index in [0.29, 0.717) is 31.5 Å². The lowest BCUT2D eigenvalue weighted by atomic mass is 9.96. The highest BCUT2D eigenvalue weighted by Gasteiger charge is 2.26. The third-order valence-electron chi connectivity index (χ3n) is 5.02. The zero-order valence-corrected chi connectivity index (χ0v) is 17.0. The third kappa shape index (κ3) is 4.20. The van der Waals surface area contributed by atoms with Crippen LogP contribution in [0.1, 0.15) is 28.8 Å². The van der Waals surface area contributed by atoms with E-state index in [1.807, 2.05) is 47.4 Å². The first-order valence-electron chi connectivity index (χ1n) is 9.26. The molecule has 0 bridgehead atoms. The van der Waals surface area contributed by atoms with E-state index in [1.54, 1.807) is 23.1 Å². The van der Waals surface area contributed by atoms with Crippen LogP contribution in [0.4, 0.5) is 0 Å². The number of nitrogens with zero attached hydrogens (tertiary/aromatic N) is 2. The van der Waals surface area contributed by atoms with Gasteiger partial charge in [0.25, 0.3) is 5.91 Å². The average molecular weight is 412 g/mol. The first-order chi connectivity index (χ1) is 13.6. The Morgan fingerprint density at radius 1 is 1.11 bits per heavy atom. The molecule has 2 N–H and O–H groups in total. The predicted octanol–water partition coefficient (Wildman–Crippen LogP) is 3.93. The Labute approximate surface area is 171 Å². The molecule has 1 saturated heterocycles. The third-order valence-corrected chi connectivity index (χ3v) is 7.27. The Bertz CT molecular complexity index is 959. The number of hydrogen-bond donors (Lipinski definition) is 1. The molecule has 1 aliphatic heterocycles. The number of nitrogens with two attached hydrogens (primary N) is 1. The first-order valence-corrected chi connectivity index (χ1v) is 11.1. The molecule has 2 heterocycles. The van der Waals surface area contributed by atoms with Gasteiger partial charge in [-0.2, -0.15) is 0 Å². The molecule has 1 aliphatic rings. The van der Waals surface area contributed by atoms with Crippen LogP contribution in [-0.4, -0.2) is 34.8 Å². The molecule has 28 heavy (non-hydrogen) atoms. The number of likely N-dealkylation sites (tertiary alicyclic amines) is 1. The zero-order valence-electron chi connectivity index (χ0n) is 15.3. The van der Waals surface area contributed by atoms with E-state index in [9.17, 15) is 9.59 Å². The summed E-state index contributed by atoms with van der Waals surface area (Å²) in [4.78, 5) is 30.4. The molecule has 2 aromatic carbocycles. The number of thiazole rings is 1. The number of primary amides is 1. The largest absolute Gasteiger partial charge is 0.369 e. The van der Waals surface area contributed by atoms with E-state index in [4.69, 9.17) is 5.73 Å². The lowest BCUT2D eigenvalue weighted by molar-refractivity contribution is -0.123. The topological polar surface area (TPSA) is 76.3 Å². The molecule has 1 fully saturated rings. The minimum absolute atomic E-state index is 0.0216. The fourth-order valence-electron chi connectivity index (χ4n) is 3.35. The Balaban J connectivity index is 1.34. The van der Waals surface area contributed by atoms with Gasteiger partial charge in [-0.25, -0.2) is 4.98 Å². The number of thioether (sulfide) groups is 1. The minimum Gasteiger partial charge on any atom is -0.369 e. The van der Waals surface area contributed by atoms with Gasteiger partial charge in [0.2, 0.25) is 5.91 Å². The van der Waals surface area contributed by atoms with Gasteiger partial charge in [0.1, 0.15) is 0 Å². The monoisotopic (exact) mass is 411 g/mol. The highest BCUT2D eigenvalue weighted by molar-refractivity contribution is 8.00. The highest BCUT2D eigenvalue weighted by Crippen LogP contribution is 2.31. The quantitative estimate of drug-likeness (QED) is 0.646. The number of carbonyl (C=O) groups is 2. The maximum absolute atomic E-state index is 12.7. The molecule has 1 aromatic heterocycles. The minimum atomic E-state index is -0.262. The van der Waals surface area contributed by atoms with Crippen LogP contribution in [0, 0.1) is 5.92 Å². The van der Waals surface area contributed by atoms with Crippen molar-refractivity contribution in [3.05, 3.63) is 59.7 Å². The zero-order chi connectivity index (χ0) is 19.5. The van der Waals surface area contributed by atoms with Crippen molar-refractivity contribution in [1.29, 1.82) is 0 Å². The molecule has 2 amide bonds. The van der Waals surface area contributed by atoms with Crippen molar-refractivity contribution in [2.45, 2.75) is 22.9 Å².